The zero-order valence-corrected chi connectivity index (χ0v) is 26.3. The largest absolute Gasteiger partial charge is 0.0619 e. The molecule has 2 aliphatic rings. The molecule has 8 aromatic rings. The van der Waals surface area contributed by atoms with Crippen molar-refractivity contribution in [1.82, 2.24) is 0 Å². The lowest BCUT2D eigenvalue weighted by molar-refractivity contribution is 0.660. The Morgan fingerprint density at radius 2 is 0.957 bits per heavy atom. The Hall–Kier alpha value is -5.46. The normalized spacial score (nSPS) is 13.7. The van der Waals surface area contributed by atoms with Crippen LogP contribution in [-0.2, 0) is 5.41 Å². The molecule has 0 heteroatoms. The second-order valence-corrected chi connectivity index (χ2v) is 13.7. The molecule has 0 aliphatic heterocycles. The second-order valence-electron chi connectivity index (χ2n) is 13.7. The van der Waals surface area contributed by atoms with Crippen molar-refractivity contribution in [3.63, 3.8) is 0 Å². The van der Waals surface area contributed by atoms with Crippen LogP contribution in [0.15, 0.2) is 140 Å². The van der Waals surface area contributed by atoms with Gasteiger partial charge in [0.25, 0.3) is 0 Å². The molecule has 0 radical (unpaired) electrons. The van der Waals surface area contributed by atoms with Crippen molar-refractivity contribution in [2.24, 2.45) is 0 Å². The third kappa shape index (κ3) is 3.29. The number of benzene rings is 8. The number of hydrogen-bond acceptors (Lipinski definition) is 0. The second kappa shape index (κ2) is 9.05. The van der Waals surface area contributed by atoms with Gasteiger partial charge >= 0.3 is 0 Å². The number of aryl methyl sites for hydroxylation is 1. The summed E-state index contributed by atoms with van der Waals surface area (Å²) in [6.45, 7) is 6.93. The summed E-state index contributed by atoms with van der Waals surface area (Å²) in [4.78, 5) is 0. The molecule has 0 bridgehead atoms. The van der Waals surface area contributed by atoms with Crippen LogP contribution in [0.1, 0.15) is 30.5 Å². The van der Waals surface area contributed by atoms with E-state index in [-0.39, 0.29) is 5.41 Å². The van der Waals surface area contributed by atoms with Gasteiger partial charge in [-0.1, -0.05) is 153 Å². The fourth-order valence-electron chi connectivity index (χ4n) is 8.80. The molecule has 2 aliphatic carbocycles. The number of hydrogen-bond donors (Lipinski definition) is 0. The van der Waals surface area contributed by atoms with Crippen LogP contribution in [-0.4, -0.2) is 0 Å². The topological polar surface area (TPSA) is 0 Å². The van der Waals surface area contributed by atoms with Crippen LogP contribution in [0.3, 0.4) is 0 Å². The van der Waals surface area contributed by atoms with E-state index in [0.29, 0.717) is 0 Å². The summed E-state index contributed by atoms with van der Waals surface area (Å²) in [7, 11) is 0. The Bertz CT molecular complexity index is 2580. The molecule has 216 valence electrons. The first-order valence-electron chi connectivity index (χ1n) is 16.4. The van der Waals surface area contributed by atoms with E-state index in [1.165, 1.54) is 105 Å². The Balaban J connectivity index is 1.30. The van der Waals surface area contributed by atoms with Gasteiger partial charge in [-0.25, -0.2) is 0 Å². The summed E-state index contributed by atoms with van der Waals surface area (Å²) >= 11 is 0. The fourth-order valence-corrected chi connectivity index (χ4v) is 8.80. The molecule has 0 aromatic heterocycles. The molecule has 0 amide bonds. The van der Waals surface area contributed by atoms with E-state index in [1.807, 2.05) is 0 Å². The zero-order chi connectivity index (χ0) is 30.7. The quantitative estimate of drug-likeness (QED) is 0.177. The van der Waals surface area contributed by atoms with Gasteiger partial charge in [0, 0.05) is 5.41 Å². The van der Waals surface area contributed by atoms with Crippen molar-refractivity contribution in [3.05, 3.63) is 156 Å². The maximum atomic E-state index is 2.46. The van der Waals surface area contributed by atoms with Gasteiger partial charge in [-0.3, -0.25) is 0 Å². The third-order valence-electron chi connectivity index (χ3n) is 10.9. The number of rotatable bonds is 2. The lowest BCUT2D eigenvalue weighted by atomic mass is 9.81. The van der Waals surface area contributed by atoms with E-state index in [0.717, 1.165) is 0 Å². The molecule has 0 nitrogen and oxygen atoms in total. The maximum Gasteiger partial charge on any atom is 0.0158 e. The van der Waals surface area contributed by atoms with Gasteiger partial charge in [-0.05, 0) is 112 Å². The van der Waals surface area contributed by atoms with E-state index in [9.17, 15) is 0 Å². The first-order chi connectivity index (χ1) is 22.5. The Kier molecular flexibility index (Phi) is 5.08. The van der Waals surface area contributed by atoms with E-state index >= 15 is 0 Å². The van der Waals surface area contributed by atoms with E-state index < -0.39 is 0 Å². The standard InChI is InChI=1S/C46H32/c1-27-19-21-38-40(25-27)43(28-20-24-42-39(26-28)31-13-8-9-18-41(31)46(42,2)3)33-14-6-7-15-34(33)45(38)37-23-22-36-30-12-5-4-11-29(30)32-16-10-17-35(37)44(32)36/h4-26H,1-3H3. The van der Waals surface area contributed by atoms with Gasteiger partial charge in [0.2, 0.25) is 0 Å². The van der Waals surface area contributed by atoms with Crippen molar-refractivity contribution < 1.29 is 0 Å². The van der Waals surface area contributed by atoms with E-state index in [1.54, 1.807) is 0 Å². The fraction of sp³-hybridized carbons (Fsp3) is 0.0870. The molecule has 0 fully saturated rings. The van der Waals surface area contributed by atoms with E-state index in [4.69, 9.17) is 0 Å². The molecule has 0 spiro atoms. The lowest BCUT2D eigenvalue weighted by Gasteiger charge is -2.22. The highest BCUT2D eigenvalue weighted by molar-refractivity contribution is 6.26. The summed E-state index contributed by atoms with van der Waals surface area (Å²) in [6.07, 6.45) is 0. The Morgan fingerprint density at radius 3 is 1.76 bits per heavy atom. The molecular formula is C46H32. The highest BCUT2D eigenvalue weighted by Gasteiger charge is 2.35. The minimum absolute atomic E-state index is 0.00946. The van der Waals surface area contributed by atoms with Crippen LogP contribution in [0.5, 0.6) is 0 Å². The third-order valence-corrected chi connectivity index (χ3v) is 10.9. The summed E-state index contributed by atoms with van der Waals surface area (Å²) in [5.41, 5.74) is 17.4. The molecule has 46 heavy (non-hydrogen) atoms. The van der Waals surface area contributed by atoms with Crippen LogP contribution in [0.2, 0.25) is 0 Å². The SMILES string of the molecule is Cc1ccc2c(-c3ccc4c5c(cccc35)-c3ccccc3-4)c3ccccc3c(-c3ccc4c(c3)-c3ccccc3C4(C)C)c2c1. The van der Waals surface area contributed by atoms with Crippen molar-refractivity contribution in [2.45, 2.75) is 26.2 Å². The molecule has 0 N–H and O–H groups in total. The smallest absolute Gasteiger partial charge is 0.0158 e. The summed E-state index contributed by atoms with van der Waals surface area (Å²) in [6, 6.07) is 52.7. The molecule has 0 saturated heterocycles. The molecule has 10 rings (SSSR count). The van der Waals surface area contributed by atoms with Gasteiger partial charge in [-0.2, -0.15) is 0 Å². The first kappa shape index (κ1) is 25.8. The minimum atomic E-state index is -0.00946. The monoisotopic (exact) mass is 584 g/mol. The molecule has 0 atom stereocenters. The van der Waals surface area contributed by atoms with Crippen LogP contribution in [0, 0.1) is 6.92 Å². The molecule has 8 aromatic carbocycles. The van der Waals surface area contributed by atoms with Crippen LogP contribution >= 0.6 is 0 Å². The van der Waals surface area contributed by atoms with Crippen molar-refractivity contribution in [1.29, 1.82) is 0 Å². The highest BCUT2D eigenvalue weighted by Crippen LogP contribution is 2.53. The van der Waals surface area contributed by atoms with Gasteiger partial charge in [0.1, 0.15) is 0 Å². The van der Waals surface area contributed by atoms with Gasteiger partial charge in [0.15, 0.2) is 0 Å². The highest BCUT2D eigenvalue weighted by atomic mass is 14.4. The van der Waals surface area contributed by atoms with E-state index in [2.05, 4.69) is 160 Å². The minimum Gasteiger partial charge on any atom is -0.0619 e. The van der Waals surface area contributed by atoms with Crippen molar-refractivity contribution >= 4 is 32.3 Å². The lowest BCUT2D eigenvalue weighted by Crippen LogP contribution is -2.14. The van der Waals surface area contributed by atoms with Crippen molar-refractivity contribution in [2.75, 3.05) is 0 Å². The Morgan fingerprint density at radius 1 is 0.370 bits per heavy atom. The Labute approximate surface area is 269 Å². The van der Waals surface area contributed by atoms with Crippen LogP contribution in [0.25, 0.3) is 88.0 Å². The van der Waals surface area contributed by atoms with Gasteiger partial charge < -0.3 is 0 Å². The maximum absolute atomic E-state index is 2.46. The summed E-state index contributed by atoms with van der Waals surface area (Å²) in [5.74, 6) is 0. The first-order valence-corrected chi connectivity index (χ1v) is 16.4. The summed E-state index contributed by atoms with van der Waals surface area (Å²) in [5, 5.41) is 7.90. The zero-order valence-electron chi connectivity index (χ0n) is 26.3. The average Bonchev–Trinajstić information content (AvgIpc) is 3.53. The van der Waals surface area contributed by atoms with Gasteiger partial charge in [0.05, 0.1) is 0 Å². The van der Waals surface area contributed by atoms with Crippen LogP contribution in [0.4, 0.5) is 0 Å². The molecular weight excluding hydrogens is 553 g/mol. The van der Waals surface area contributed by atoms with Gasteiger partial charge in [-0.15, -0.1) is 0 Å². The average molecular weight is 585 g/mol. The number of fused-ring (bicyclic) bond motifs is 8. The van der Waals surface area contributed by atoms with Crippen molar-refractivity contribution in [3.8, 4) is 55.6 Å². The molecule has 0 unspecified atom stereocenters. The predicted octanol–water partition coefficient (Wildman–Crippen LogP) is 12.7. The molecule has 0 saturated carbocycles. The summed E-state index contributed by atoms with van der Waals surface area (Å²) < 4.78 is 0. The van der Waals surface area contributed by atoms with Crippen LogP contribution < -0.4 is 0 Å². The predicted molar refractivity (Wildman–Crippen MR) is 197 cm³/mol. The molecule has 0 heterocycles.